The van der Waals surface area contributed by atoms with Gasteiger partial charge >= 0.3 is 6.03 Å². The van der Waals surface area contributed by atoms with Crippen molar-refractivity contribution < 1.29 is 9.59 Å². The molecule has 8 nitrogen and oxygen atoms in total. The maximum absolute atomic E-state index is 12.1. The fourth-order valence-electron chi connectivity index (χ4n) is 2.33. The minimum atomic E-state index is -0.256. The number of amides is 3. The van der Waals surface area contributed by atoms with E-state index in [2.05, 4.69) is 25.8 Å². The number of hydrogen-bond donors (Lipinski definition) is 3. The lowest BCUT2D eigenvalue weighted by Crippen LogP contribution is -2.36. The zero-order chi connectivity index (χ0) is 15.5. The topological polar surface area (TPSA) is 103 Å². The van der Waals surface area contributed by atoms with Crippen molar-refractivity contribution in [3.8, 4) is 0 Å². The Hall–Kier alpha value is -2.90. The second-order valence-corrected chi connectivity index (χ2v) is 4.91. The first-order chi connectivity index (χ1) is 10.7. The van der Waals surface area contributed by atoms with Crippen LogP contribution in [0.15, 0.2) is 24.5 Å². The summed E-state index contributed by atoms with van der Waals surface area (Å²) < 4.78 is 0. The molecule has 0 radical (unpaired) electrons. The van der Waals surface area contributed by atoms with Crippen molar-refractivity contribution in [1.82, 2.24) is 25.4 Å². The molecule has 2 aromatic heterocycles. The molecule has 8 heteroatoms. The normalized spacial score (nSPS) is 12.9. The molecule has 1 aliphatic rings. The number of pyridine rings is 1. The third kappa shape index (κ3) is 2.62. The monoisotopic (exact) mass is 300 g/mol. The predicted molar refractivity (Wildman–Crippen MR) is 79.1 cm³/mol. The van der Waals surface area contributed by atoms with Crippen LogP contribution < -0.4 is 10.6 Å². The molecule has 1 aliphatic heterocycles. The SMILES string of the molecule is CCNC(=O)N1Cc2[nH]nc(NC(=O)c3ccncc3)c2C1. The molecule has 0 atom stereocenters. The van der Waals surface area contributed by atoms with Gasteiger partial charge < -0.3 is 15.5 Å². The van der Waals surface area contributed by atoms with Crippen molar-refractivity contribution in [2.75, 3.05) is 11.9 Å². The van der Waals surface area contributed by atoms with Gasteiger partial charge in [0.25, 0.3) is 5.91 Å². The van der Waals surface area contributed by atoms with Crippen LogP contribution in [0, 0.1) is 0 Å². The molecule has 0 unspecified atom stereocenters. The van der Waals surface area contributed by atoms with Crippen molar-refractivity contribution in [3.05, 3.63) is 41.3 Å². The van der Waals surface area contributed by atoms with Crippen LogP contribution in [0.4, 0.5) is 10.6 Å². The highest BCUT2D eigenvalue weighted by atomic mass is 16.2. The Morgan fingerprint density at radius 3 is 2.82 bits per heavy atom. The molecule has 114 valence electrons. The van der Waals surface area contributed by atoms with Gasteiger partial charge in [-0.15, -0.1) is 0 Å². The average molecular weight is 300 g/mol. The van der Waals surface area contributed by atoms with Crippen LogP contribution >= 0.6 is 0 Å². The highest BCUT2D eigenvalue weighted by Gasteiger charge is 2.28. The van der Waals surface area contributed by atoms with E-state index in [1.165, 1.54) is 0 Å². The van der Waals surface area contributed by atoms with E-state index in [1.54, 1.807) is 29.4 Å². The van der Waals surface area contributed by atoms with Crippen molar-refractivity contribution in [2.45, 2.75) is 20.0 Å². The molecule has 0 bridgehead atoms. The number of aromatic nitrogens is 3. The molecule has 0 saturated heterocycles. The second kappa shape index (κ2) is 5.84. The smallest absolute Gasteiger partial charge is 0.318 e. The summed E-state index contributed by atoms with van der Waals surface area (Å²) in [5, 5.41) is 12.5. The van der Waals surface area contributed by atoms with Crippen LogP contribution in [-0.4, -0.2) is 38.6 Å². The highest BCUT2D eigenvalue weighted by Crippen LogP contribution is 2.27. The number of hydrogen-bond acceptors (Lipinski definition) is 4. The van der Waals surface area contributed by atoms with Gasteiger partial charge in [-0.1, -0.05) is 0 Å². The lowest BCUT2D eigenvalue weighted by Gasteiger charge is -2.15. The number of carbonyl (C=O) groups is 2. The average Bonchev–Trinajstić information content (AvgIpc) is 3.10. The van der Waals surface area contributed by atoms with Gasteiger partial charge in [0, 0.05) is 30.1 Å². The quantitative estimate of drug-likeness (QED) is 0.789. The molecule has 0 aromatic carbocycles. The fourth-order valence-corrected chi connectivity index (χ4v) is 2.33. The zero-order valence-corrected chi connectivity index (χ0v) is 12.1. The third-order valence-electron chi connectivity index (χ3n) is 3.44. The fraction of sp³-hybridized carbons (Fsp3) is 0.286. The summed E-state index contributed by atoms with van der Waals surface area (Å²) in [4.78, 5) is 29.5. The first kappa shape index (κ1) is 14.1. The van der Waals surface area contributed by atoms with E-state index in [0.29, 0.717) is 31.0 Å². The molecular formula is C14H16N6O2. The first-order valence-electron chi connectivity index (χ1n) is 6.99. The number of anilines is 1. The van der Waals surface area contributed by atoms with Gasteiger partial charge in [-0.05, 0) is 19.1 Å². The van der Waals surface area contributed by atoms with Gasteiger partial charge in [0.15, 0.2) is 5.82 Å². The van der Waals surface area contributed by atoms with Crippen molar-refractivity contribution in [3.63, 3.8) is 0 Å². The van der Waals surface area contributed by atoms with Crippen molar-refractivity contribution >= 4 is 17.8 Å². The number of aromatic amines is 1. The molecule has 0 aliphatic carbocycles. The van der Waals surface area contributed by atoms with Gasteiger partial charge in [-0.25, -0.2) is 4.79 Å². The molecule has 22 heavy (non-hydrogen) atoms. The molecule has 3 N–H and O–H groups in total. The molecule has 2 aromatic rings. The molecule has 0 spiro atoms. The van der Waals surface area contributed by atoms with E-state index in [-0.39, 0.29) is 11.9 Å². The number of rotatable bonds is 3. The standard InChI is InChI=1S/C14H16N6O2/c1-2-16-14(22)20-7-10-11(8-20)18-19-12(10)17-13(21)9-3-5-15-6-4-9/h3-6H,2,7-8H2,1H3,(H,16,22)(H2,17,18,19,21). The molecule has 3 heterocycles. The number of fused-ring (bicyclic) bond motifs is 1. The number of carbonyl (C=O) groups excluding carboxylic acids is 2. The summed E-state index contributed by atoms with van der Waals surface area (Å²) in [6.45, 7) is 3.32. The van der Waals surface area contributed by atoms with E-state index >= 15 is 0 Å². The Kier molecular flexibility index (Phi) is 3.73. The Morgan fingerprint density at radius 2 is 2.09 bits per heavy atom. The Morgan fingerprint density at radius 1 is 1.32 bits per heavy atom. The van der Waals surface area contributed by atoms with Crippen molar-refractivity contribution in [1.29, 1.82) is 0 Å². The summed E-state index contributed by atoms with van der Waals surface area (Å²) in [5.41, 5.74) is 2.19. The number of nitrogens with one attached hydrogen (secondary N) is 3. The van der Waals surface area contributed by atoms with Crippen LogP contribution in [0.3, 0.4) is 0 Å². The van der Waals surface area contributed by atoms with Gasteiger partial charge in [0.05, 0.1) is 18.8 Å². The number of urea groups is 1. The summed E-state index contributed by atoms with van der Waals surface area (Å²) in [6, 6.07) is 3.13. The zero-order valence-electron chi connectivity index (χ0n) is 12.1. The van der Waals surface area contributed by atoms with E-state index in [9.17, 15) is 9.59 Å². The molecule has 3 amide bonds. The summed E-state index contributed by atoms with van der Waals surface area (Å²) >= 11 is 0. The summed E-state index contributed by atoms with van der Waals surface area (Å²) in [6.07, 6.45) is 3.11. The maximum Gasteiger partial charge on any atom is 0.318 e. The van der Waals surface area contributed by atoms with E-state index in [4.69, 9.17) is 0 Å². The van der Waals surface area contributed by atoms with Crippen molar-refractivity contribution in [2.24, 2.45) is 0 Å². The largest absolute Gasteiger partial charge is 0.338 e. The molecule has 0 saturated carbocycles. The lowest BCUT2D eigenvalue weighted by molar-refractivity contribution is 0.102. The first-order valence-corrected chi connectivity index (χ1v) is 6.99. The Bertz CT molecular complexity index is 697. The third-order valence-corrected chi connectivity index (χ3v) is 3.44. The molecule has 3 rings (SSSR count). The van der Waals surface area contributed by atoms with Gasteiger partial charge in [-0.3, -0.25) is 14.9 Å². The predicted octanol–water partition coefficient (Wildman–Crippen LogP) is 1.10. The Balaban J connectivity index is 1.72. The van der Waals surface area contributed by atoms with Crippen LogP contribution in [0.2, 0.25) is 0 Å². The van der Waals surface area contributed by atoms with E-state index in [1.807, 2.05) is 6.92 Å². The van der Waals surface area contributed by atoms with Gasteiger partial charge in [0.1, 0.15) is 0 Å². The van der Waals surface area contributed by atoms with E-state index in [0.717, 1.165) is 11.3 Å². The van der Waals surface area contributed by atoms with Crippen LogP contribution in [0.1, 0.15) is 28.5 Å². The second-order valence-electron chi connectivity index (χ2n) is 4.91. The van der Waals surface area contributed by atoms with Crippen LogP contribution in [0.25, 0.3) is 0 Å². The van der Waals surface area contributed by atoms with Crippen LogP contribution in [0.5, 0.6) is 0 Å². The minimum Gasteiger partial charge on any atom is -0.338 e. The summed E-state index contributed by atoms with van der Waals surface area (Å²) in [5.74, 6) is 0.205. The van der Waals surface area contributed by atoms with E-state index < -0.39 is 0 Å². The highest BCUT2D eigenvalue weighted by molar-refractivity contribution is 6.04. The Labute approximate surface area is 126 Å². The molecule has 0 fully saturated rings. The minimum absolute atomic E-state index is 0.126. The molecular weight excluding hydrogens is 284 g/mol. The van der Waals surface area contributed by atoms with Crippen LogP contribution in [-0.2, 0) is 13.1 Å². The number of nitrogens with zero attached hydrogens (tertiary/aromatic N) is 3. The summed E-state index contributed by atoms with van der Waals surface area (Å²) in [7, 11) is 0. The maximum atomic E-state index is 12.1. The van der Waals surface area contributed by atoms with Gasteiger partial charge in [-0.2, -0.15) is 5.10 Å². The van der Waals surface area contributed by atoms with Gasteiger partial charge in [0.2, 0.25) is 0 Å². The lowest BCUT2D eigenvalue weighted by atomic mass is 10.2. The number of H-pyrrole nitrogens is 1.